The van der Waals surface area contributed by atoms with Gasteiger partial charge in [-0.25, -0.2) is 4.79 Å². The molecular formula is C21H18N2O. The van der Waals surface area contributed by atoms with E-state index in [1.54, 1.807) is 4.90 Å². The van der Waals surface area contributed by atoms with Gasteiger partial charge in [0.25, 0.3) is 0 Å². The maximum atomic E-state index is 12.5. The minimum absolute atomic E-state index is 0.0874. The van der Waals surface area contributed by atoms with Crippen LogP contribution in [0.1, 0.15) is 11.1 Å². The van der Waals surface area contributed by atoms with Crippen molar-refractivity contribution in [3.8, 4) is 11.1 Å². The number of rotatable bonds is 2. The molecule has 3 nitrogen and oxygen atoms in total. The van der Waals surface area contributed by atoms with E-state index < -0.39 is 0 Å². The predicted molar refractivity (Wildman–Crippen MR) is 97.4 cm³/mol. The lowest BCUT2D eigenvalue weighted by molar-refractivity contribution is 0.247. The van der Waals surface area contributed by atoms with Crippen LogP contribution in [0.2, 0.25) is 0 Å². The standard InChI is InChI=1S/C21H18N2O/c1-15-8-5-6-11-17(15)18-12-7-13-20-19(18)14-22-21(24)23(20)16-9-3-2-4-10-16/h2-13H,14H2,1H3,(H,22,24). The van der Waals surface area contributed by atoms with Crippen molar-refractivity contribution in [3.05, 3.63) is 83.9 Å². The summed E-state index contributed by atoms with van der Waals surface area (Å²) < 4.78 is 0. The van der Waals surface area contributed by atoms with Gasteiger partial charge in [0.2, 0.25) is 0 Å². The second kappa shape index (κ2) is 5.85. The highest BCUT2D eigenvalue weighted by atomic mass is 16.2. The van der Waals surface area contributed by atoms with Gasteiger partial charge in [0.1, 0.15) is 0 Å². The van der Waals surface area contributed by atoms with E-state index >= 15 is 0 Å². The Morgan fingerprint density at radius 3 is 2.33 bits per heavy atom. The number of fused-ring (bicyclic) bond motifs is 1. The van der Waals surface area contributed by atoms with E-state index in [1.807, 2.05) is 48.5 Å². The Morgan fingerprint density at radius 2 is 1.54 bits per heavy atom. The lowest BCUT2D eigenvalue weighted by atomic mass is 9.93. The molecule has 0 radical (unpaired) electrons. The van der Waals surface area contributed by atoms with Crippen LogP contribution in [0.25, 0.3) is 11.1 Å². The topological polar surface area (TPSA) is 32.3 Å². The van der Waals surface area contributed by atoms with E-state index in [0.29, 0.717) is 6.54 Å². The van der Waals surface area contributed by atoms with Crippen LogP contribution in [0.15, 0.2) is 72.8 Å². The van der Waals surface area contributed by atoms with Crippen LogP contribution in [-0.4, -0.2) is 6.03 Å². The molecule has 3 heteroatoms. The number of hydrogen-bond donors (Lipinski definition) is 1. The number of carbonyl (C=O) groups excluding carboxylic acids is 1. The average molecular weight is 314 g/mol. The van der Waals surface area contributed by atoms with Gasteiger partial charge in [-0.3, -0.25) is 4.90 Å². The second-order valence-corrected chi connectivity index (χ2v) is 5.95. The molecule has 0 aromatic heterocycles. The zero-order chi connectivity index (χ0) is 16.5. The Labute approximate surface area is 141 Å². The summed E-state index contributed by atoms with van der Waals surface area (Å²) in [5, 5.41) is 3.00. The Kier molecular flexibility index (Phi) is 3.54. The normalized spacial score (nSPS) is 13.4. The maximum Gasteiger partial charge on any atom is 0.326 e. The van der Waals surface area contributed by atoms with Crippen molar-refractivity contribution in [2.24, 2.45) is 0 Å². The Bertz CT molecular complexity index is 903. The van der Waals surface area contributed by atoms with Gasteiger partial charge in [-0.2, -0.15) is 0 Å². The SMILES string of the molecule is Cc1ccccc1-c1cccc2c1CNC(=O)N2c1ccccc1. The smallest absolute Gasteiger partial charge is 0.326 e. The molecule has 1 N–H and O–H groups in total. The Morgan fingerprint density at radius 1 is 0.833 bits per heavy atom. The minimum atomic E-state index is -0.0874. The van der Waals surface area contributed by atoms with Crippen LogP contribution >= 0.6 is 0 Å². The van der Waals surface area contributed by atoms with Crippen LogP contribution in [0, 0.1) is 6.92 Å². The molecule has 4 rings (SSSR count). The van der Waals surface area contributed by atoms with E-state index in [2.05, 4.69) is 36.5 Å². The molecule has 0 saturated heterocycles. The third-order valence-electron chi connectivity index (χ3n) is 4.46. The van der Waals surface area contributed by atoms with Crippen LogP contribution < -0.4 is 10.2 Å². The Balaban J connectivity index is 1.90. The molecule has 1 heterocycles. The molecule has 3 aromatic rings. The van der Waals surface area contributed by atoms with Crippen molar-refractivity contribution >= 4 is 17.4 Å². The number of hydrogen-bond acceptors (Lipinski definition) is 1. The highest BCUT2D eigenvalue weighted by Gasteiger charge is 2.27. The highest BCUT2D eigenvalue weighted by molar-refractivity contribution is 6.03. The van der Waals surface area contributed by atoms with Gasteiger partial charge in [0.05, 0.1) is 11.4 Å². The van der Waals surface area contributed by atoms with E-state index in [-0.39, 0.29) is 6.03 Å². The van der Waals surface area contributed by atoms with Gasteiger partial charge in [-0.15, -0.1) is 0 Å². The molecule has 0 bridgehead atoms. The van der Waals surface area contributed by atoms with Crippen molar-refractivity contribution < 1.29 is 4.79 Å². The van der Waals surface area contributed by atoms with Crippen molar-refractivity contribution in [1.29, 1.82) is 0 Å². The Hall–Kier alpha value is -3.07. The summed E-state index contributed by atoms with van der Waals surface area (Å²) in [6.45, 7) is 2.66. The first-order valence-electron chi connectivity index (χ1n) is 8.06. The van der Waals surface area contributed by atoms with Gasteiger partial charge in [0.15, 0.2) is 0 Å². The molecule has 1 aliphatic heterocycles. The summed E-state index contributed by atoms with van der Waals surface area (Å²) in [6.07, 6.45) is 0. The number of benzene rings is 3. The highest BCUT2D eigenvalue weighted by Crippen LogP contribution is 2.38. The third kappa shape index (κ3) is 2.35. The molecule has 0 aliphatic carbocycles. The van der Waals surface area contributed by atoms with Crippen molar-refractivity contribution in [2.75, 3.05) is 4.90 Å². The van der Waals surface area contributed by atoms with Gasteiger partial charge < -0.3 is 5.32 Å². The lowest BCUT2D eigenvalue weighted by Gasteiger charge is -2.31. The minimum Gasteiger partial charge on any atom is -0.333 e. The first kappa shape index (κ1) is 14.5. The molecule has 2 amide bonds. The number of anilines is 2. The van der Waals surface area contributed by atoms with Crippen molar-refractivity contribution in [2.45, 2.75) is 13.5 Å². The molecule has 3 aromatic carbocycles. The quantitative estimate of drug-likeness (QED) is 0.707. The average Bonchev–Trinajstić information content (AvgIpc) is 2.62. The molecular weight excluding hydrogens is 296 g/mol. The summed E-state index contributed by atoms with van der Waals surface area (Å²) in [7, 11) is 0. The molecule has 0 atom stereocenters. The van der Waals surface area contributed by atoms with Crippen LogP contribution in [0.5, 0.6) is 0 Å². The summed E-state index contributed by atoms with van der Waals surface area (Å²) >= 11 is 0. The van der Waals surface area contributed by atoms with E-state index in [4.69, 9.17) is 0 Å². The second-order valence-electron chi connectivity index (χ2n) is 5.95. The molecule has 0 unspecified atom stereocenters. The van der Waals surface area contributed by atoms with E-state index in [1.165, 1.54) is 16.7 Å². The summed E-state index contributed by atoms with van der Waals surface area (Å²) in [6, 6.07) is 24.2. The third-order valence-corrected chi connectivity index (χ3v) is 4.46. The lowest BCUT2D eigenvalue weighted by Crippen LogP contribution is -2.41. The zero-order valence-electron chi connectivity index (χ0n) is 13.5. The first-order chi connectivity index (χ1) is 11.8. The van der Waals surface area contributed by atoms with Crippen molar-refractivity contribution in [3.63, 3.8) is 0 Å². The number of carbonyl (C=O) groups is 1. The number of amides is 2. The summed E-state index contributed by atoms with van der Waals surface area (Å²) in [5.74, 6) is 0. The van der Waals surface area contributed by atoms with E-state index in [9.17, 15) is 4.79 Å². The summed E-state index contributed by atoms with van der Waals surface area (Å²) in [4.78, 5) is 14.2. The molecule has 0 fully saturated rings. The fourth-order valence-corrected chi connectivity index (χ4v) is 3.28. The summed E-state index contributed by atoms with van der Waals surface area (Å²) in [5.41, 5.74) is 6.58. The number of urea groups is 1. The maximum absolute atomic E-state index is 12.5. The number of nitrogens with zero attached hydrogens (tertiary/aromatic N) is 1. The van der Waals surface area contributed by atoms with Crippen LogP contribution in [-0.2, 0) is 6.54 Å². The van der Waals surface area contributed by atoms with Gasteiger partial charge >= 0.3 is 6.03 Å². The monoisotopic (exact) mass is 314 g/mol. The number of nitrogens with one attached hydrogen (secondary N) is 1. The zero-order valence-corrected chi connectivity index (χ0v) is 13.5. The molecule has 1 aliphatic rings. The molecule has 0 saturated carbocycles. The van der Waals surface area contributed by atoms with Gasteiger partial charge in [-0.05, 0) is 41.8 Å². The molecule has 0 spiro atoms. The number of para-hydroxylation sites is 1. The molecule has 118 valence electrons. The number of aryl methyl sites for hydroxylation is 1. The fraction of sp³-hybridized carbons (Fsp3) is 0.0952. The largest absolute Gasteiger partial charge is 0.333 e. The predicted octanol–water partition coefficient (Wildman–Crippen LogP) is 5.02. The van der Waals surface area contributed by atoms with E-state index in [0.717, 1.165) is 16.9 Å². The van der Waals surface area contributed by atoms with Crippen LogP contribution in [0.4, 0.5) is 16.2 Å². The van der Waals surface area contributed by atoms with Crippen LogP contribution in [0.3, 0.4) is 0 Å². The molecule has 24 heavy (non-hydrogen) atoms. The van der Waals surface area contributed by atoms with Gasteiger partial charge in [-0.1, -0.05) is 54.6 Å². The fourth-order valence-electron chi connectivity index (χ4n) is 3.28. The van der Waals surface area contributed by atoms with Crippen molar-refractivity contribution in [1.82, 2.24) is 5.32 Å². The van der Waals surface area contributed by atoms with Gasteiger partial charge in [0, 0.05) is 12.1 Å². The first-order valence-corrected chi connectivity index (χ1v) is 8.06.